The minimum Gasteiger partial charge on any atom is -0.508 e. The zero-order valence-corrected chi connectivity index (χ0v) is 17.7. The van der Waals surface area contributed by atoms with Crippen molar-refractivity contribution in [1.82, 2.24) is 9.47 Å². The van der Waals surface area contributed by atoms with Gasteiger partial charge in [0.05, 0.1) is 12.7 Å². The highest BCUT2D eigenvalue weighted by Crippen LogP contribution is 2.37. The molecule has 6 heteroatoms. The lowest BCUT2D eigenvalue weighted by molar-refractivity contribution is 0.101. The molecule has 0 unspecified atom stereocenters. The summed E-state index contributed by atoms with van der Waals surface area (Å²) in [5, 5.41) is 10.7. The van der Waals surface area contributed by atoms with Gasteiger partial charge >= 0.3 is 0 Å². The number of carbonyl (C=O) groups excluding carboxylic acids is 1. The minimum atomic E-state index is -0.180. The summed E-state index contributed by atoms with van der Waals surface area (Å²) in [6.07, 6.45) is 2.82. The first-order valence-electron chi connectivity index (χ1n) is 9.98. The molecule has 4 rings (SSSR count). The topological polar surface area (TPSA) is 63.9 Å². The summed E-state index contributed by atoms with van der Waals surface area (Å²) in [5.41, 5.74) is 3.57. The van der Waals surface area contributed by atoms with Gasteiger partial charge in [-0.1, -0.05) is 0 Å². The molecule has 1 N–H and O–H groups in total. The molecular formula is C24H26N2O4. The quantitative estimate of drug-likeness (QED) is 0.621. The molecule has 0 aliphatic carbocycles. The Kier molecular flexibility index (Phi) is 5.26. The molecule has 1 aromatic heterocycles. The Hall–Kier alpha value is -3.25. The number of aromatic nitrogens is 1. The number of Topliss-reactive ketones (excluding diaryl/α,β-unsaturated/α-hetero) is 1. The van der Waals surface area contributed by atoms with E-state index in [1.165, 1.54) is 12.1 Å². The van der Waals surface area contributed by atoms with Gasteiger partial charge in [-0.05, 0) is 70.4 Å². The molecule has 0 bridgehead atoms. The SMILES string of the molecule is COc1ccc2c(c1)c(/C=C1\Oc3cc(O)ccc3C1=O)c(C)n2CCCN(C)C. The van der Waals surface area contributed by atoms with Crippen molar-refractivity contribution < 1.29 is 19.4 Å². The van der Waals surface area contributed by atoms with Gasteiger partial charge in [-0.2, -0.15) is 0 Å². The molecular weight excluding hydrogens is 380 g/mol. The fourth-order valence-corrected chi connectivity index (χ4v) is 3.94. The van der Waals surface area contributed by atoms with Gasteiger partial charge in [-0.3, -0.25) is 4.79 Å². The van der Waals surface area contributed by atoms with Crippen molar-refractivity contribution in [2.45, 2.75) is 19.9 Å². The van der Waals surface area contributed by atoms with Crippen LogP contribution in [0.5, 0.6) is 17.2 Å². The van der Waals surface area contributed by atoms with E-state index in [9.17, 15) is 9.90 Å². The van der Waals surface area contributed by atoms with E-state index < -0.39 is 0 Å². The van der Waals surface area contributed by atoms with Gasteiger partial charge in [0.1, 0.15) is 17.2 Å². The number of hydrogen-bond donors (Lipinski definition) is 1. The van der Waals surface area contributed by atoms with Gasteiger partial charge in [0.15, 0.2) is 5.76 Å². The summed E-state index contributed by atoms with van der Waals surface area (Å²) in [6.45, 7) is 3.93. The number of benzene rings is 2. The number of aryl methyl sites for hydroxylation is 1. The van der Waals surface area contributed by atoms with Gasteiger partial charge in [-0.15, -0.1) is 0 Å². The number of phenolic OH excluding ortho intramolecular Hbond substituents is 1. The Balaban J connectivity index is 1.79. The maximum absolute atomic E-state index is 12.8. The average molecular weight is 406 g/mol. The van der Waals surface area contributed by atoms with Gasteiger partial charge in [0.2, 0.25) is 5.78 Å². The van der Waals surface area contributed by atoms with Crippen molar-refractivity contribution in [3.05, 3.63) is 59.0 Å². The highest BCUT2D eigenvalue weighted by Gasteiger charge is 2.28. The molecule has 0 saturated heterocycles. The van der Waals surface area contributed by atoms with Crippen molar-refractivity contribution >= 4 is 22.8 Å². The molecule has 156 valence electrons. The third-order valence-electron chi connectivity index (χ3n) is 5.50. The van der Waals surface area contributed by atoms with Crippen LogP contribution in [-0.2, 0) is 6.54 Å². The average Bonchev–Trinajstić information content (AvgIpc) is 3.16. The molecule has 30 heavy (non-hydrogen) atoms. The van der Waals surface area contributed by atoms with E-state index in [0.717, 1.165) is 47.4 Å². The highest BCUT2D eigenvalue weighted by molar-refractivity contribution is 6.15. The standard InChI is InChI=1S/C24H26N2O4/c1-15-19(14-23-24(28)18-8-6-16(27)12-22(18)30-23)20-13-17(29-4)7-9-21(20)26(15)11-5-10-25(2)3/h6-9,12-14,27H,5,10-11H2,1-4H3/b23-14-. The van der Waals surface area contributed by atoms with E-state index >= 15 is 0 Å². The Bertz CT molecular complexity index is 1160. The molecule has 1 aliphatic heterocycles. The van der Waals surface area contributed by atoms with Crippen LogP contribution in [0.3, 0.4) is 0 Å². The van der Waals surface area contributed by atoms with Crippen LogP contribution in [0.4, 0.5) is 0 Å². The number of ether oxygens (including phenoxy) is 2. The predicted molar refractivity (Wildman–Crippen MR) is 117 cm³/mol. The number of aromatic hydroxyl groups is 1. The second kappa shape index (κ2) is 7.88. The summed E-state index contributed by atoms with van der Waals surface area (Å²) in [6, 6.07) is 10.6. The van der Waals surface area contributed by atoms with Crippen LogP contribution in [0.25, 0.3) is 17.0 Å². The number of allylic oxidation sites excluding steroid dienone is 1. The molecule has 0 fully saturated rings. The smallest absolute Gasteiger partial charge is 0.231 e. The lowest BCUT2D eigenvalue weighted by atomic mass is 10.1. The normalized spacial score (nSPS) is 14.6. The Morgan fingerprint density at radius 1 is 1.20 bits per heavy atom. The van der Waals surface area contributed by atoms with E-state index in [0.29, 0.717) is 11.3 Å². The van der Waals surface area contributed by atoms with Gasteiger partial charge in [0, 0.05) is 34.8 Å². The van der Waals surface area contributed by atoms with E-state index in [1.54, 1.807) is 19.3 Å². The number of ketones is 1. The van der Waals surface area contributed by atoms with E-state index in [1.807, 2.05) is 12.1 Å². The fraction of sp³-hybridized carbons (Fsp3) is 0.292. The van der Waals surface area contributed by atoms with Crippen molar-refractivity contribution in [3.8, 4) is 17.2 Å². The molecule has 2 heterocycles. The monoisotopic (exact) mass is 406 g/mol. The number of hydrogen-bond acceptors (Lipinski definition) is 5. The summed E-state index contributed by atoms with van der Waals surface area (Å²) >= 11 is 0. The van der Waals surface area contributed by atoms with Crippen LogP contribution in [-0.4, -0.2) is 48.1 Å². The van der Waals surface area contributed by atoms with E-state index in [4.69, 9.17) is 9.47 Å². The lowest BCUT2D eigenvalue weighted by Gasteiger charge is -2.12. The Morgan fingerprint density at radius 3 is 2.73 bits per heavy atom. The van der Waals surface area contributed by atoms with Gasteiger partial charge in [-0.25, -0.2) is 0 Å². The molecule has 2 aromatic carbocycles. The second-order valence-electron chi connectivity index (χ2n) is 7.81. The fourth-order valence-electron chi connectivity index (χ4n) is 3.94. The summed E-state index contributed by atoms with van der Waals surface area (Å²) in [5.74, 6) is 1.30. The van der Waals surface area contributed by atoms with E-state index in [-0.39, 0.29) is 17.3 Å². The first-order valence-corrected chi connectivity index (χ1v) is 9.98. The lowest BCUT2D eigenvalue weighted by Crippen LogP contribution is -2.15. The molecule has 0 saturated carbocycles. The van der Waals surface area contributed by atoms with Crippen LogP contribution in [0, 0.1) is 6.92 Å². The molecule has 6 nitrogen and oxygen atoms in total. The van der Waals surface area contributed by atoms with Crippen LogP contribution in [0.1, 0.15) is 28.0 Å². The number of phenols is 1. The van der Waals surface area contributed by atoms with Crippen molar-refractivity contribution in [1.29, 1.82) is 0 Å². The predicted octanol–water partition coefficient (Wildman–Crippen LogP) is 4.23. The zero-order chi connectivity index (χ0) is 21.4. The van der Waals surface area contributed by atoms with Gasteiger partial charge < -0.3 is 24.0 Å². The maximum atomic E-state index is 12.8. The molecule has 3 aromatic rings. The summed E-state index contributed by atoms with van der Waals surface area (Å²) in [7, 11) is 5.78. The largest absolute Gasteiger partial charge is 0.508 e. The minimum absolute atomic E-state index is 0.0706. The molecule has 1 aliphatic rings. The number of methoxy groups -OCH3 is 1. The van der Waals surface area contributed by atoms with Gasteiger partial charge in [0.25, 0.3) is 0 Å². The second-order valence-corrected chi connectivity index (χ2v) is 7.81. The Labute approximate surface area is 175 Å². The Morgan fingerprint density at radius 2 is 2.00 bits per heavy atom. The maximum Gasteiger partial charge on any atom is 0.231 e. The molecule has 0 atom stereocenters. The number of rotatable bonds is 6. The molecule has 0 amide bonds. The summed E-state index contributed by atoms with van der Waals surface area (Å²) < 4.78 is 13.5. The van der Waals surface area contributed by atoms with Crippen LogP contribution in [0.2, 0.25) is 0 Å². The van der Waals surface area contributed by atoms with Crippen molar-refractivity contribution in [2.24, 2.45) is 0 Å². The van der Waals surface area contributed by atoms with Crippen LogP contribution in [0.15, 0.2) is 42.2 Å². The highest BCUT2D eigenvalue weighted by atomic mass is 16.5. The van der Waals surface area contributed by atoms with Crippen molar-refractivity contribution in [2.75, 3.05) is 27.7 Å². The number of carbonyl (C=O) groups is 1. The number of fused-ring (bicyclic) bond motifs is 2. The first-order chi connectivity index (χ1) is 14.4. The third-order valence-corrected chi connectivity index (χ3v) is 5.50. The molecule has 0 radical (unpaired) electrons. The third kappa shape index (κ3) is 3.55. The zero-order valence-electron chi connectivity index (χ0n) is 17.7. The van der Waals surface area contributed by atoms with Crippen LogP contribution >= 0.6 is 0 Å². The van der Waals surface area contributed by atoms with Crippen molar-refractivity contribution in [3.63, 3.8) is 0 Å². The first kappa shape index (κ1) is 20.0. The van der Waals surface area contributed by atoms with E-state index in [2.05, 4.69) is 36.6 Å². The van der Waals surface area contributed by atoms with Crippen LogP contribution < -0.4 is 9.47 Å². The molecule has 0 spiro atoms. The summed E-state index contributed by atoms with van der Waals surface area (Å²) in [4.78, 5) is 15.0. The number of nitrogens with zero attached hydrogens (tertiary/aromatic N) is 2.